The zero-order valence-corrected chi connectivity index (χ0v) is 11.9. The normalized spacial score (nSPS) is 13.3. The zero-order valence-electron chi connectivity index (χ0n) is 11.9. The topological polar surface area (TPSA) is 15.3 Å². The second-order valence-electron chi connectivity index (χ2n) is 4.67. The minimum atomic E-state index is 0.679. The molecule has 0 radical (unpaired) electrons. The molecule has 1 unspecified atom stereocenters. The summed E-state index contributed by atoms with van der Waals surface area (Å²) in [5, 5.41) is 3.57. The zero-order chi connectivity index (χ0) is 12.2. The molecule has 0 saturated heterocycles. The largest absolute Gasteiger partial charge is 0.313 e. The van der Waals surface area contributed by atoms with Gasteiger partial charge in [0.15, 0.2) is 0 Å². The summed E-state index contributed by atoms with van der Waals surface area (Å²) in [6.45, 7) is 13.9. The lowest BCUT2D eigenvalue weighted by atomic mass is 10.2. The Morgan fingerprint density at radius 2 is 1.50 bits per heavy atom. The molecule has 0 amide bonds. The Hall–Kier alpha value is -0.0800. The summed E-state index contributed by atoms with van der Waals surface area (Å²) in [4.78, 5) is 2.64. The molecule has 0 aliphatic heterocycles. The third kappa shape index (κ3) is 8.12. The third-order valence-electron chi connectivity index (χ3n) is 3.12. The van der Waals surface area contributed by atoms with E-state index in [2.05, 4.69) is 37.9 Å². The van der Waals surface area contributed by atoms with Crippen LogP contribution in [0.25, 0.3) is 0 Å². The average Bonchev–Trinajstić information content (AvgIpc) is 2.31. The molecule has 98 valence electrons. The molecule has 0 bridgehead atoms. The molecule has 0 saturated carbocycles. The first-order valence-corrected chi connectivity index (χ1v) is 7.24. The maximum Gasteiger partial charge on any atom is 0.0192 e. The fraction of sp³-hybridized carbons (Fsp3) is 1.00. The van der Waals surface area contributed by atoms with Crippen LogP contribution in [0.5, 0.6) is 0 Å². The number of likely N-dealkylation sites (N-methyl/N-ethyl adjacent to an activating group) is 1. The summed E-state index contributed by atoms with van der Waals surface area (Å²) < 4.78 is 0. The second-order valence-corrected chi connectivity index (χ2v) is 4.67. The molecule has 0 aromatic carbocycles. The lowest BCUT2D eigenvalue weighted by Gasteiger charge is -2.27. The van der Waals surface area contributed by atoms with Crippen molar-refractivity contribution in [1.29, 1.82) is 0 Å². The lowest BCUT2D eigenvalue weighted by molar-refractivity contribution is 0.233. The van der Waals surface area contributed by atoms with Crippen molar-refractivity contribution in [2.75, 3.05) is 26.2 Å². The Labute approximate surface area is 103 Å². The van der Waals surface area contributed by atoms with E-state index in [0.717, 1.165) is 6.54 Å². The van der Waals surface area contributed by atoms with Crippen LogP contribution < -0.4 is 5.32 Å². The van der Waals surface area contributed by atoms with Gasteiger partial charge >= 0.3 is 0 Å². The number of rotatable bonds is 11. The van der Waals surface area contributed by atoms with E-state index in [4.69, 9.17) is 0 Å². The third-order valence-corrected chi connectivity index (χ3v) is 3.12. The van der Waals surface area contributed by atoms with E-state index in [0.29, 0.717) is 6.04 Å². The van der Waals surface area contributed by atoms with E-state index < -0.39 is 0 Å². The van der Waals surface area contributed by atoms with Crippen LogP contribution in [-0.4, -0.2) is 37.1 Å². The minimum absolute atomic E-state index is 0.679. The summed E-state index contributed by atoms with van der Waals surface area (Å²) in [5.41, 5.74) is 0. The molecule has 0 aromatic heterocycles. The van der Waals surface area contributed by atoms with Crippen LogP contribution in [0.2, 0.25) is 0 Å². The van der Waals surface area contributed by atoms with Gasteiger partial charge in [0, 0.05) is 12.6 Å². The summed E-state index contributed by atoms with van der Waals surface area (Å²) in [6.07, 6.45) is 6.53. The molecule has 2 heteroatoms. The van der Waals surface area contributed by atoms with Crippen molar-refractivity contribution in [3.8, 4) is 0 Å². The van der Waals surface area contributed by atoms with Crippen molar-refractivity contribution in [3.05, 3.63) is 0 Å². The molecule has 0 aromatic rings. The molecular formula is C14H32N2. The molecule has 0 spiro atoms. The SMILES string of the molecule is CCCCN(CCCC)CC(CC)NCC. The molecular weight excluding hydrogens is 196 g/mol. The van der Waals surface area contributed by atoms with Crippen LogP contribution in [0.4, 0.5) is 0 Å². The lowest BCUT2D eigenvalue weighted by Crippen LogP contribution is -2.41. The summed E-state index contributed by atoms with van der Waals surface area (Å²) in [7, 11) is 0. The fourth-order valence-corrected chi connectivity index (χ4v) is 2.00. The van der Waals surface area contributed by atoms with Crippen molar-refractivity contribution in [2.45, 2.75) is 65.8 Å². The highest BCUT2D eigenvalue weighted by Crippen LogP contribution is 2.02. The van der Waals surface area contributed by atoms with Crippen LogP contribution in [-0.2, 0) is 0 Å². The van der Waals surface area contributed by atoms with Gasteiger partial charge in [0.2, 0.25) is 0 Å². The van der Waals surface area contributed by atoms with Gasteiger partial charge in [0.25, 0.3) is 0 Å². The minimum Gasteiger partial charge on any atom is -0.313 e. The predicted octanol–water partition coefficient (Wildman–Crippen LogP) is 3.28. The van der Waals surface area contributed by atoms with Crippen molar-refractivity contribution in [3.63, 3.8) is 0 Å². The second kappa shape index (κ2) is 11.4. The molecule has 0 rings (SSSR count). The van der Waals surface area contributed by atoms with Gasteiger partial charge < -0.3 is 10.2 Å². The highest BCUT2D eigenvalue weighted by molar-refractivity contribution is 4.70. The van der Waals surface area contributed by atoms with Crippen molar-refractivity contribution < 1.29 is 0 Å². The van der Waals surface area contributed by atoms with Gasteiger partial charge in [-0.25, -0.2) is 0 Å². The molecule has 16 heavy (non-hydrogen) atoms. The number of nitrogens with one attached hydrogen (secondary N) is 1. The van der Waals surface area contributed by atoms with Gasteiger partial charge in [-0.05, 0) is 38.9 Å². The van der Waals surface area contributed by atoms with E-state index in [1.54, 1.807) is 0 Å². The first-order chi connectivity index (χ1) is 7.78. The van der Waals surface area contributed by atoms with Crippen LogP contribution >= 0.6 is 0 Å². The number of nitrogens with zero attached hydrogens (tertiary/aromatic N) is 1. The molecule has 1 N–H and O–H groups in total. The Morgan fingerprint density at radius 3 is 1.88 bits per heavy atom. The first-order valence-electron chi connectivity index (χ1n) is 7.24. The van der Waals surface area contributed by atoms with Gasteiger partial charge in [-0.3, -0.25) is 0 Å². The summed E-state index contributed by atoms with van der Waals surface area (Å²) in [6, 6.07) is 0.679. The van der Waals surface area contributed by atoms with Crippen LogP contribution in [0, 0.1) is 0 Å². The van der Waals surface area contributed by atoms with E-state index in [1.165, 1.54) is 51.7 Å². The number of hydrogen-bond acceptors (Lipinski definition) is 2. The van der Waals surface area contributed by atoms with Crippen LogP contribution in [0.3, 0.4) is 0 Å². The van der Waals surface area contributed by atoms with Gasteiger partial charge in [-0.1, -0.05) is 40.5 Å². The van der Waals surface area contributed by atoms with E-state index >= 15 is 0 Å². The Bertz CT molecular complexity index is 129. The van der Waals surface area contributed by atoms with E-state index in [1.807, 2.05) is 0 Å². The molecule has 0 aliphatic carbocycles. The van der Waals surface area contributed by atoms with Gasteiger partial charge in [0.05, 0.1) is 0 Å². The Balaban J connectivity index is 3.94. The highest BCUT2D eigenvalue weighted by atomic mass is 15.1. The number of hydrogen-bond donors (Lipinski definition) is 1. The maximum atomic E-state index is 3.57. The first kappa shape index (κ1) is 15.9. The van der Waals surface area contributed by atoms with E-state index in [-0.39, 0.29) is 0 Å². The van der Waals surface area contributed by atoms with E-state index in [9.17, 15) is 0 Å². The maximum absolute atomic E-state index is 3.57. The van der Waals surface area contributed by atoms with Crippen molar-refractivity contribution in [1.82, 2.24) is 10.2 Å². The van der Waals surface area contributed by atoms with Crippen molar-refractivity contribution in [2.24, 2.45) is 0 Å². The van der Waals surface area contributed by atoms with Crippen LogP contribution in [0.15, 0.2) is 0 Å². The highest BCUT2D eigenvalue weighted by Gasteiger charge is 2.10. The summed E-state index contributed by atoms with van der Waals surface area (Å²) in [5.74, 6) is 0. The van der Waals surface area contributed by atoms with Gasteiger partial charge in [0.1, 0.15) is 0 Å². The monoisotopic (exact) mass is 228 g/mol. The molecule has 0 fully saturated rings. The molecule has 0 heterocycles. The summed E-state index contributed by atoms with van der Waals surface area (Å²) >= 11 is 0. The average molecular weight is 228 g/mol. The quantitative estimate of drug-likeness (QED) is 0.584. The van der Waals surface area contributed by atoms with Gasteiger partial charge in [-0.15, -0.1) is 0 Å². The van der Waals surface area contributed by atoms with Gasteiger partial charge in [-0.2, -0.15) is 0 Å². The predicted molar refractivity (Wildman–Crippen MR) is 74.0 cm³/mol. The standard InChI is InChI=1S/C14H32N2/c1-5-9-11-16(12-10-6-2)13-14(7-3)15-8-4/h14-15H,5-13H2,1-4H3. The van der Waals surface area contributed by atoms with Crippen LogP contribution in [0.1, 0.15) is 59.8 Å². The fourth-order valence-electron chi connectivity index (χ4n) is 2.00. The Morgan fingerprint density at radius 1 is 0.938 bits per heavy atom. The Kier molecular flexibility index (Phi) is 11.3. The molecule has 0 aliphatic rings. The molecule has 1 atom stereocenters. The van der Waals surface area contributed by atoms with Crippen molar-refractivity contribution >= 4 is 0 Å². The molecule has 2 nitrogen and oxygen atoms in total. The smallest absolute Gasteiger partial charge is 0.0192 e. The number of unbranched alkanes of at least 4 members (excludes halogenated alkanes) is 2.